The molecule has 150 valence electrons. The molecule has 0 aliphatic heterocycles. The van der Waals surface area contributed by atoms with Crippen LogP contribution in [-0.4, -0.2) is 30.3 Å². The first kappa shape index (κ1) is 20.5. The second-order valence-electron chi connectivity index (χ2n) is 6.71. The van der Waals surface area contributed by atoms with Crippen molar-refractivity contribution in [1.29, 1.82) is 0 Å². The fourth-order valence-corrected chi connectivity index (χ4v) is 3.24. The molecule has 0 spiro atoms. The third-order valence-electron chi connectivity index (χ3n) is 4.55. The van der Waals surface area contributed by atoms with Crippen molar-refractivity contribution in [1.82, 2.24) is 5.32 Å². The van der Waals surface area contributed by atoms with Gasteiger partial charge in [0.25, 0.3) is 0 Å². The third-order valence-corrected chi connectivity index (χ3v) is 4.89. The molecule has 1 aliphatic rings. The van der Waals surface area contributed by atoms with Gasteiger partial charge in [-0.3, -0.25) is 4.79 Å². The Labute approximate surface area is 165 Å². The Bertz CT molecular complexity index is 843. The Morgan fingerprint density at radius 1 is 1.25 bits per heavy atom. The van der Waals surface area contributed by atoms with Gasteiger partial charge in [-0.05, 0) is 42.2 Å². The van der Waals surface area contributed by atoms with Crippen molar-refractivity contribution in [3.05, 3.63) is 64.7 Å². The SMILES string of the molecule is O=C(NCC(O)COc1cccc(C(F)(F)F)c1)C1CC1c1ccccc1Cl. The summed E-state index contributed by atoms with van der Waals surface area (Å²) in [5.41, 5.74) is 0.102. The number of carbonyl (C=O) groups is 1. The van der Waals surface area contributed by atoms with Crippen molar-refractivity contribution in [2.75, 3.05) is 13.2 Å². The Kier molecular flexibility index (Phi) is 6.15. The number of ether oxygens (including phenoxy) is 1. The van der Waals surface area contributed by atoms with E-state index in [1.165, 1.54) is 12.1 Å². The average molecular weight is 414 g/mol. The highest BCUT2D eigenvalue weighted by molar-refractivity contribution is 6.31. The number of carbonyl (C=O) groups excluding carboxylic acids is 1. The molecule has 0 aromatic heterocycles. The first-order valence-electron chi connectivity index (χ1n) is 8.76. The van der Waals surface area contributed by atoms with Gasteiger partial charge in [-0.2, -0.15) is 13.2 Å². The van der Waals surface area contributed by atoms with Gasteiger partial charge >= 0.3 is 6.18 Å². The summed E-state index contributed by atoms with van der Waals surface area (Å²) in [6.45, 7) is -0.288. The predicted molar refractivity (Wildman–Crippen MR) is 98.3 cm³/mol. The summed E-state index contributed by atoms with van der Waals surface area (Å²) < 4.78 is 43.2. The molecule has 4 nitrogen and oxygen atoms in total. The van der Waals surface area contributed by atoms with Gasteiger partial charge in [0.05, 0.1) is 5.56 Å². The molecule has 1 aliphatic carbocycles. The van der Waals surface area contributed by atoms with Crippen LogP contribution < -0.4 is 10.1 Å². The average Bonchev–Trinajstić information content (AvgIpc) is 3.45. The van der Waals surface area contributed by atoms with Crippen LogP contribution in [0.4, 0.5) is 13.2 Å². The minimum atomic E-state index is -4.46. The molecule has 8 heteroatoms. The normalized spacial score (nSPS) is 19.8. The summed E-state index contributed by atoms with van der Waals surface area (Å²) in [4.78, 5) is 12.2. The van der Waals surface area contributed by atoms with E-state index in [2.05, 4.69) is 5.32 Å². The van der Waals surface area contributed by atoms with Crippen LogP contribution in [0.3, 0.4) is 0 Å². The van der Waals surface area contributed by atoms with Crippen LogP contribution in [0.1, 0.15) is 23.5 Å². The lowest BCUT2D eigenvalue weighted by Crippen LogP contribution is -2.36. The number of aliphatic hydroxyl groups is 1. The topological polar surface area (TPSA) is 58.6 Å². The number of amides is 1. The van der Waals surface area contributed by atoms with E-state index in [4.69, 9.17) is 16.3 Å². The van der Waals surface area contributed by atoms with Gasteiger partial charge in [0, 0.05) is 17.5 Å². The molecule has 1 saturated carbocycles. The summed E-state index contributed by atoms with van der Waals surface area (Å²) in [5, 5.41) is 13.2. The predicted octanol–water partition coefficient (Wildman–Crippen LogP) is 4.02. The molecule has 3 unspecified atom stereocenters. The van der Waals surface area contributed by atoms with E-state index in [1.54, 1.807) is 6.07 Å². The van der Waals surface area contributed by atoms with E-state index in [0.29, 0.717) is 11.4 Å². The molecule has 0 saturated heterocycles. The maximum atomic E-state index is 12.7. The minimum absolute atomic E-state index is 0.00109. The maximum absolute atomic E-state index is 12.7. The monoisotopic (exact) mass is 413 g/mol. The minimum Gasteiger partial charge on any atom is -0.491 e. The van der Waals surface area contributed by atoms with Crippen molar-refractivity contribution in [3.8, 4) is 5.75 Å². The highest BCUT2D eigenvalue weighted by Crippen LogP contribution is 2.49. The van der Waals surface area contributed by atoms with E-state index in [0.717, 1.165) is 17.7 Å². The largest absolute Gasteiger partial charge is 0.491 e. The molecule has 0 heterocycles. The fourth-order valence-electron chi connectivity index (χ4n) is 2.97. The van der Waals surface area contributed by atoms with Gasteiger partial charge < -0.3 is 15.2 Å². The molecule has 0 radical (unpaired) electrons. The smallest absolute Gasteiger partial charge is 0.416 e. The van der Waals surface area contributed by atoms with Crippen LogP contribution in [-0.2, 0) is 11.0 Å². The third kappa shape index (κ3) is 5.17. The first-order valence-corrected chi connectivity index (χ1v) is 9.13. The van der Waals surface area contributed by atoms with Crippen LogP contribution >= 0.6 is 11.6 Å². The summed E-state index contributed by atoms with van der Waals surface area (Å²) in [6, 6.07) is 11.8. The van der Waals surface area contributed by atoms with Crippen LogP contribution in [0.5, 0.6) is 5.75 Å². The van der Waals surface area contributed by atoms with Crippen molar-refractivity contribution >= 4 is 17.5 Å². The standard InChI is InChI=1S/C20H19ClF3NO3/c21-18-7-2-1-6-15(18)16-9-17(16)19(27)25-10-13(26)11-28-14-5-3-4-12(8-14)20(22,23)24/h1-8,13,16-17,26H,9-11H2,(H,25,27). The molecule has 1 fully saturated rings. The lowest BCUT2D eigenvalue weighted by Gasteiger charge is -2.14. The quantitative estimate of drug-likeness (QED) is 0.721. The zero-order chi connectivity index (χ0) is 20.3. The fraction of sp³-hybridized carbons (Fsp3) is 0.350. The molecule has 2 aromatic carbocycles. The molecular weight excluding hydrogens is 395 g/mol. The Balaban J connectivity index is 1.43. The Hall–Kier alpha value is -2.25. The number of rotatable bonds is 7. The van der Waals surface area contributed by atoms with Crippen molar-refractivity contribution in [2.24, 2.45) is 5.92 Å². The number of nitrogens with one attached hydrogen (secondary N) is 1. The van der Waals surface area contributed by atoms with Crippen LogP contribution in [0.2, 0.25) is 5.02 Å². The van der Waals surface area contributed by atoms with E-state index in [-0.39, 0.29) is 36.6 Å². The van der Waals surface area contributed by atoms with Crippen molar-refractivity contribution in [2.45, 2.75) is 24.6 Å². The van der Waals surface area contributed by atoms with E-state index < -0.39 is 17.8 Å². The lowest BCUT2D eigenvalue weighted by molar-refractivity contribution is -0.137. The summed E-state index contributed by atoms with van der Waals surface area (Å²) in [5.74, 6) is -0.326. The zero-order valence-corrected chi connectivity index (χ0v) is 15.5. The van der Waals surface area contributed by atoms with Crippen molar-refractivity contribution < 1.29 is 27.8 Å². The molecule has 3 rings (SSSR count). The summed E-state index contributed by atoms with van der Waals surface area (Å²) >= 11 is 6.14. The van der Waals surface area contributed by atoms with Gasteiger partial charge in [-0.25, -0.2) is 0 Å². The maximum Gasteiger partial charge on any atom is 0.416 e. The zero-order valence-electron chi connectivity index (χ0n) is 14.7. The number of alkyl halides is 3. The molecule has 0 bridgehead atoms. The number of benzene rings is 2. The van der Waals surface area contributed by atoms with Gasteiger partial charge in [0.1, 0.15) is 18.5 Å². The van der Waals surface area contributed by atoms with Crippen LogP contribution in [0.25, 0.3) is 0 Å². The second-order valence-corrected chi connectivity index (χ2v) is 7.11. The van der Waals surface area contributed by atoms with Crippen LogP contribution in [0, 0.1) is 5.92 Å². The van der Waals surface area contributed by atoms with Gasteiger partial charge in [-0.15, -0.1) is 0 Å². The number of hydrogen-bond acceptors (Lipinski definition) is 3. The molecular formula is C20H19ClF3NO3. The molecule has 2 aromatic rings. The van der Waals surface area contributed by atoms with Gasteiger partial charge in [0.2, 0.25) is 5.91 Å². The molecule has 1 amide bonds. The lowest BCUT2D eigenvalue weighted by atomic mass is 10.1. The molecule has 28 heavy (non-hydrogen) atoms. The number of hydrogen-bond donors (Lipinski definition) is 2. The summed E-state index contributed by atoms with van der Waals surface area (Å²) in [7, 11) is 0. The first-order chi connectivity index (χ1) is 13.3. The number of halogens is 4. The van der Waals surface area contributed by atoms with Gasteiger partial charge in [-0.1, -0.05) is 35.9 Å². The van der Waals surface area contributed by atoms with E-state index >= 15 is 0 Å². The number of aliphatic hydroxyl groups excluding tert-OH is 1. The highest BCUT2D eigenvalue weighted by atomic mass is 35.5. The highest BCUT2D eigenvalue weighted by Gasteiger charge is 2.44. The Morgan fingerprint density at radius 2 is 2.00 bits per heavy atom. The van der Waals surface area contributed by atoms with Crippen molar-refractivity contribution in [3.63, 3.8) is 0 Å². The molecule has 3 atom stereocenters. The van der Waals surface area contributed by atoms with Gasteiger partial charge in [0.15, 0.2) is 0 Å². The molecule has 2 N–H and O–H groups in total. The van der Waals surface area contributed by atoms with E-state index in [9.17, 15) is 23.1 Å². The van der Waals surface area contributed by atoms with E-state index in [1.807, 2.05) is 18.2 Å². The van der Waals surface area contributed by atoms with Crippen LogP contribution in [0.15, 0.2) is 48.5 Å². The Morgan fingerprint density at radius 3 is 2.71 bits per heavy atom. The summed E-state index contributed by atoms with van der Waals surface area (Å²) in [6.07, 6.45) is -4.82. The second kappa shape index (κ2) is 8.41.